The third-order valence-corrected chi connectivity index (χ3v) is 4.81. The van der Waals surface area contributed by atoms with Gasteiger partial charge in [0.15, 0.2) is 0 Å². The molecule has 0 radical (unpaired) electrons. The van der Waals surface area contributed by atoms with Crippen molar-refractivity contribution < 1.29 is 14.6 Å². The number of hydrogen-bond acceptors (Lipinski definition) is 4. The van der Waals surface area contributed by atoms with Gasteiger partial charge in [0, 0.05) is 25.1 Å². The lowest BCUT2D eigenvalue weighted by Crippen LogP contribution is -2.27. The van der Waals surface area contributed by atoms with Crippen molar-refractivity contribution in [3.63, 3.8) is 0 Å². The van der Waals surface area contributed by atoms with Crippen LogP contribution in [0.5, 0.6) is 5.75 Å². The number of aromatic nitrogens is 2. The molecular weight excluding hydrogens is 342 g/mol. The maximum absolute atomic E-state index is 11.7. The molecule has 1 aromatic heterocycles. The molecule has 6 heteroatoms. The van der Waals surface area contributed by atoms with Crippen LogP contribution in [0.25, 0.3) is 5.69 Å². The van der Waals surface area contributed by atoms with E-state index in [0.717, 1.165) is 42.2 Å². The fourth-order valence-electron chi connectivity index (χ4n) is 3.44. The molecular formula is C21H21N3O3. The second-order valence-electron chi connectivity index (χ2n) is 6.70. The second-order valence-corrected chi connectivity index (χ2v) is 6.70. The van der Waals surface area contributed by atoms with Gasteiger partial charge < -0.3 is 14.7 Å². The van der Waals surface area contributed by atoms with E-state index < -0.39 is 5.97 Å². The minimum atomic E-state index is -0.954. The second kappa shape index (κ2) is 7.25. The molecule has 0 spiro atoms. The molecule has 3 aromatic rings. The van der Waals surface area contributed by atoms with Crippen molar-refractivity contribution in [1.29, 1.82) is 0 Å². The van der Waals surface area contributed by atoms with E-state index in [1.807, 2.05) is 36.4 Å². The molecule has 0 unspecified atom stereocenters. The van der Waals surface area contributed by atoms with Crippen molar-refractivity contribution in [1.82, 2.24) is 14.7 Å². The van der Waals surface area contributed by atoms with E-state index in [-0.39, 0.29) is 5.56 Å². The summed E-state index contributed by atoms with van der Waals surface area (Å²) < 4.78 is 7.70. The van der Waals surface area contributed by atoms with Crippen LogP contribution in [0, 0.1) is 0 Å². The summed E-state index contributed by atoms with van der Waals surface area (Å²) in [7, 11) is 2.08. The van der Waals surface area contributed by atoms with Gasteiger partial charge in [-0.2, -0.15) is 5.10 Å². The Bertz CT molecular complexity index is 966. The van der Waals surface area contributed by atoms with Gasteiger partial charge in [-0.3, -0.25) is 0 Å². The van der Waals surface area contributed by atoms with Gasteiger partial charge in [-0.1, -0.05) is 30.3 Å². The van der Waals surface area contributed by atoms with Crippen LogP contribution in [0.15, 0.2) is 54.6 Å². The van der Waals surface area contributed by atoms with Gasteiger partial charge >= 0.3 is 5.97 Å². The highest BCUT2D eigenvalue weighted by atomic mass is 16.5. The maximum atomic E-state index is 11.7. The number of para-hydroxylation sites is 2. The standard InChI is InChI=1S/C21H21N3O3/c1-23-12-11-20-17(13-23)18(14-27-15-7-3-2-4-8-15)22-24(20)19-10-6-5-9-16(19)21(25)26/h2-10H,11-14H2,1H3,(H,25,26). The molecule has 1 aliphatic rings. The van der Waals surface area contributed by atoms with E-state index in [0.29, 0.717) is 12.3 Å². The third kappa shape index (κ3) is 3.44. The van der Waals surface area contributed by atoms with Crippen molar-refractivity contribution in [3.8, 4) is 11.4 Å². The molecule has 6 nitrogen and oxygen atoms in total. The number of fused-ring (bicyclic) bond motifs is 1. The normalized spacial score (nSPS) is 14.0. The summed E-state index contributed by atoms with van der Waals surface area (Å²) in [5.74, 6) is -0.166. The number of carboxylic acid groups (broad SMARTS) is 1. The van der Waals surface area contributed by atoms with Crippen LogP contribution in [0.1, 0.15) is 27.3 Å². The van der Waals surface area contributed by atoms with Crippen LogP contribution in [-0.2, 0) is 19.6 Å². The van der Waals surface area contributed by atoms with Crippen LogP contribution in [-0.4, -0.2) is 39.3 Å². The maximum Gasteiger partial charge on any atom is 0.337 e. The summed E-state index contributed by atoms with van der Waals surface area (Å²) in [6, 6.07) is 16.6. The van der Waals surface area contributed by atoms with Gasteiger partial charge in [0.2, 0.25) is 0 Å². The SMILES string of the molecule is CN1CCc2c(c(COc3ccccc3)nn2-c2ccccc2C(=O)O)C1. The summed E-state index contributed by atoms with van der Waals surface area (Å²) in [5, 5.41) is 14.3. The van der Waals surface area contributed by atoms with Crippen molar-refractivity contribution in [2.75, 3.05) is 13.6 Å². The molecule has 0 saturated heterocycles. The Kier molecular flexibility index (Phi) is 4.64. The number of ether oxygens (including phenoxy) is 1. The Morgan fingerprint density at radius 1 is 1.15 bits per heavy atom. The van der Waals surface area contributed by atoms with E-state index >= 15 is 0 Å². The zero-order chi connectivity index (χ0) is 18.8. The number of hydrogen-bond donors (Lipinski definition) is 1. The van der Waals surface area contributed by atoms with Crippen LogP contribution in [0.2, 0.25) is 0 Å². The molecule has 0 bridgehead atoms. The average Bonchev–Trinajstić information content (AvgIpc) is 3.04. The molecule has 2 heterocycles. The first-order chi connectivity index (χ1) is 13.1. The number of carboxylic acids is 1. The van der Waals surface area contributed by atoms with Crippen molar-refractivity contribution in [2.24, 2.45) is 0 Å². The topological polar surface area (TPSA) is 67.6 Å². The Labute approximate surface area is 157 Å². The van der Waals surface area contributed by atoms with Crippen molar-refractivity contribution >= 4 is 5.97 Å². The summed E-state index contributed by atoms with van der Waals surface area (Å²) in [6.45, 7) is 2.04. The third-order valence-electron chi connectivity index (χ3n) is 4.81. The monoisotopic (exact) mass is 363 g/mol. The lowest BCUT2D eigenvalue weighted by atomic mass is 10.1. The minimum absolute atomic E-state index is 0.247. The number of nitrogens with zero attached hydrogens (tertiary/aromatic N) is 3. The summed E-state index contributed by atoms with van der Waals surface area (Å²) >= 11 is 0. The molecule has 1 aliphatic heterocycles. The molecule has 1 N–H and O–H groups in total. The Morgan fingerprint density at radius 3 is 2.67 bits per heavy atom. The minimum Gasteiger partial charge on any atom is -0.487 e. The van der Waals surface area contributed by atoms with Gasteiger partial charge in [-0.25, -0.2) is 9.48 Å². The van der Waals surface area contributed by atoms with Gasteiger partial charge in [0.05, 0.1) is 16.9 Å². The van der Waals surface area contributed by atoms with E-state index in [4.69, 9.17) is 9.84 Å². The number of likely N-dealkylation sites (N-methyl/N-ethyl adjacent to an activating group) is 1. The Hall–Kier alpha value is -3.12. The quantitative estimate of drug-likeness (QED) is 0.754. The number of aromatic carboxylic acids is 1. The molecule has 0 amide bonds. The molecule has 0 aliphatic carbocycles. The fraction of sp³-hybridized carbons (Fsp3) is 0.238. The summed E-state index contributed by atoms with van der Waals surface area (Å²) in [4.78, 5) is 13.9. The van der Waals surface area contributed by atoms with E-state index in [2.05, 4.69) is 11.9 Å². The highest BCUT2D eigenvalue weighted by Gasteiger charge is 2.25. The molecule has 0 fully saturated rings. The van der Waals surface area contributed by atoms with Crippen LogP contribution in [0.3, 0.4) is 0 Å². The molecule has 0 atom stereocenters. The highest BCUT2D eigenvalue weighted by molar-refractivity contribution is 5.91. The predicted molar refractivity (Wildman–Crippen MR) is 101 cm³/mol. The predicted octanol–water partition coefficient (Wildman–Crippen LogP) is 3.14. The Balaban J connectivity index is 1.74. The summed E-state index contributed by atoms with van der Waals surface area (Å²) in [5.41, 5.74) is 3.88. The molecule has 4 rings (SSSR count). The van der Waals surface area contributed by atoms with Gasteiger partial charge in [0.25, 0.3) is 0 Å². The largest absolute Gasteiger partial charge is 0.487 e. The zero-order valence-electron chi connectivity index (χ0n) is 15.1. The van der Waals surface area contributed by atoms with Crippen molar-refractivity contribution in [2.45, 2.75) is 19.6 Å². The van der Waals surface area contributed by atoms with Gasteiger partial charge in [-0.05, 0) is 31.3 Å². The molecule has 138 valence electrons. The number of carbonyl (C=O) groups is 1. The number of rotatable bonds is 5. The molecule has 0 saturated carbocycles. The zero-order valence-corrected chi connectivity index (χ0v) is 15.1. The lowest BCUT2D eigenvalue weighted by molar-refractivity contribution is 0.0696. The molecule has 27 heavy (non-hydrogen) atoms. The van der Waals surface area contributed by atoms with E-state index in [1.165, 1.54) is 0 Å². The fourth-order valence-corrected chi connectivity index (χ4v) is 3.44. The average molecular weight is 363 g/mol. The first-order valence-corrected chi connectivity index (χ1v) is 8.92. The van der Waals surface area contributed by atoms with E-state index in [9.17, 15) is 9.90 Å². The van der Waals surface area contributed by atoms with Gasteiger partial charge in [0.1, 0.15) is 18.1 Å². The van der Waals surface area contributed by atoms with Crippen LogP contribution < -0.4 is 4.74 Å². The van der Waals surface area contributed by atoms with Crippen LogP contribution in [0.4, 0.5) is 0 Å². The lowest BCUT2D eigenvalue weighted by Gasteiger charge is -2.23. The smallest absolute Gasteiger partial charge is 0.337 e. The summed E-state index contributed by atoms with van der Waals surface area (Å²) in [6.07, 6.45) is 0.818. The van der Waals surface area contributed by atoms with E-state index in [1.54, 1.807) is 22.9 Å². The highest BCUT2D eigenvalue weighted by Crippen LogP contribution is 2.27. The molecule has 2 aromatic carbocycles. The first kappa shape index (κ1) is 17.3. The van der Waals surface area contributed by atoms with Gasteiger partial charge in [-0.15, -0.1) is 0 Å². The van der Waals surface area contributed by atoms with Crippen LogP contribution >= 0.6 is 0 Å². The first-order valence-electron chi connectivity index (χ1n) is 8.92. The number of benzene rings is 2. The van der Waals surface area contributed by atoms with Crippen molar-refractivity contribution in [3.05, 3.63) is 77.1 Å². The Morgan fingerprint density at radius 2 is 1.89 bits per heavy atom.